The number of hydrogen-bond donors (Lipinski definition) is 1. The van der Waals surface area contributed by atoms with Crippen molar-refractivity contribution in [2.45, 2.75) is 0 Å². The average Bonchev–Trinajstić information content (AvgIpc) is 2.57. The van der Waals surface area contributed by atoms with Crippen LogP contribution in [0, 0.1) is 5.82 Å². The number of urea groups is 1. The summed E-state index contributed by atoms with van der Waals surface area (Å²) in [5, 5.41) is 3.31. The summed E-state index contributed by atoms with van der Waals surface area (Å²) in [6.07, 6.45) is 0. The van der Waals surface area contributed by atoms with Gasteiger partial charge in [0.2, 0.25) is 0 Å². The molecule has 120 valence electrons. The lowest BCUT2D eigenvalue weighted by Gasteiger charge is -2.36. The Morgan fingerprint density at radius 3 is 2.35 bits per heavy atom. The Morgan fingerprint density at radius 1 is 1.00 bits per heavy atom. The van der Waals surface area contributed by atoms with Crippen molar-refractivity contribution in [3.63, 3.8) is 0 Å². The monoisotopic (exact) mass is 333 g/mol. The number of rotatable bonds is 2. The van der Waals surface area contributed by atoms with E-state index in [1.807, 2.05) is 23.1 Å². The summed E-state index contributed by atoms with van der Waals surface area (Å²) >= 11 is 6.04. The zero-order valence-electron chi connectivity index (χ0n) is 12.5. The molecule has 0 aromatic heterocycles. The van der Waals surface area contributed by atoms with E-state index >= 15 is 0 Å². The fraction of sp³-hybridized carbons (Fsp3) is 0.235. The molecule has 2 amide bonds. The Balaban J connectivity index is 1.60. The molecule has 0 spiro atoms. The van der Waals surface area contributed by atoms with Crippen molar-refractivity contribution >= 4 is 29.0 Å². The van der Waals surface area contributed by atoms with E-state index in [1.165, 1.54) is 6.07 Å². The average molecular weight is 334 g/mol. The van der Waals surface area contributed by atoms with Gasteiger partial charge in [-0.25, -0.2) is 9.18 Å². The van der Waals surface area contributed by atoms with Crippen molar-refractivity contribution in [1.29, 1.82) is 0 Å². The third kappa shape index (κ3) is 3.56. The molecule has 6 heteroatoms. The Kier molecular flexibility index (Phi) is 4.67. The molecule has 2 aromatic rings. The fourth-order valence-corrected chi connectivity index (χ4v) is 2.80. The maximum atomic E-state index is 13.8. The number of carbonyl (C=O) groups excluding carboxylic acids is 1. The Bertz CT molecular complexity index is 702. The van der Waals surface area contributed by atoms with Gasteiger partial charge in [-0.2, -0.15) is 0 Å². The maximum Gasteiger partial charge on any atom is 0.322 e. The molecule has 0 radical (unpaired) electrons. The van der Waals surface area contributed by atoms with Gasteiger partial charge < -0.3 is 15.1 Å². The number of para-hydroxylation sites is 2. The minimum Gasteiger partial charge on any atom is -0.366 e. The summed E-state index contributed by atoms with van der Waals surface area (Å²) in [6, 6.07) is 13.6. The summed E-state index contributed by atoms with van der Waals surface area (Å²) < 4.78 is 13.8. The molecular weight excluding hydrogens is 317 g/mol. The SMILES string of the molecule is O=C(Nc1ccccc1Cl)N1CCN(c2ccccc2F)CC1. The summed E-state index contributed by atoms with van der Waals surface area (Å²) in [4.78, 5) is 16.0. The Hall–Kier alpha value is -2.27. The minimum absolute atomic E-state index is 0.189. The van der Waals surface area contributed by atoms with Crippen LogP contribution >= 0.6 is 11.6 Å². The lowest BCUT2D eigenvalue weighted by atomic mass is 10.2. The number of halogens is 2. The van der Waals surface area contributed by atoms with Crippen LogP contribution in [0.25, 0.3) is 0 Å². The van der Waals surface area contributed by atoms with Gasteiger partial charge in [-0.3, -0.25) is 0 Å². The largest absolute Gasteiger partial charge is 0.366 e. The molecule has 0 bridgehead atoms. The highest BCUT2D eigenvalue weighted by molar-refractivity contribution is 6.33. The van der Waals surface area contributed by atoms with Crippen LogP contribution in [0.4, 0.5) is 20.6 Å². The summed E-state index contributed by atoms with van der Waals surface area (Å²) in [6.45, 7) is 2.25. The molecule has 0 saturated carbocycles. The first-order chi connectivity index (χ1) is 11.1. The number of piperazine rings is 1. The van der Waals surface area contributed by atoms with E-state index in [2.05, 4.69) is 5.32 Å². The number of hydrogen-bond acceptors (Lipinski definition) is 2. The summed E-state index contributed by atoms with van der Waals surface area (Å²) in [7, 11) is 0. The molecular formula is C17H17ClFN3O. The van der Waals surface area contributed by atoms with E-state index in [0.717, 1.165) is 0 Å². The predicted molar refractivity (Wildman–Crippen MR) is 90.7 cm³/mol. The number of nitrogens with zero attached hydrogens (tertiary/aromatic N) is 2. The van der Waals surface area contributed by atoms with E-state index in [-0.39, 0.29) is 11.8 Å². The van der Waals surface area contributed by atoms with Gasteiger partial charge in [-0.15, -0.1) is 0 Å². The molecule has 0 unspecified atom stereocenters. The molecule has 1 heterocycles. The highest BCUT2D eigenvalue weighted by atomic mass is 35.5. The molecule has 1 saturated heterocycles. The number of nitrogens with one attached hydrogen (secondary N) is 1. The molecule has 23 heavy (non-hydrogen) atoms. The second-order valence-corrected chi connectivity index (χ2v) is 5.74. The third-order valence-corrected chi connectivity index (χ3v) is 4.21. The second kappa shape index (κ2) is 6.87. The number of anilines is 2. The second-order valence-electron chi connectivity index (χ2n) is 5.34. The minimum atomic E-state index is -0.235. The maximum absolute atomic E-state index is 13.8. The van der Waals surface area contributed by atoms with Gasteiger partial charge in [-0.1, -0.05) is 35.9 Å². The highest BCUT2D eigenvalue weighted by Crippen LogP contribution is 2.22. The lowest BCUT2D eigenvalue weighted by Crippen LogP contribution is -2.50. The zero-order chi connectivity index (χ0) is 16.2. The standard InChI is InChI=1S/C17H17ClFN3O/c18-13-5-1-3-7-15(13)20-17(23)22-11-9-21(10-12-22)16-8-4-2-6-14(16)19/h1-8H,9-12H2,(H,20,23). The van der Waals surface area contributed by atoms with Crippen LogP contribution < -0.4 is 10.2 Å². The number of amides is 2. The molecule has 0 atom stereocenters. The van der Waals surface area contributed by atoms with Crippen LogP contribution in [-0.2, 0) is 0 Å². The van der Waals surface area contributed by atoms with Gasteiger partial charge in [0.15, 0.2) is 0 Å². The number of carbonyl (C=O) groups is 1. The topological polar surface area (TPSA) is 35.6 Å². The zero-order valence-corrected chi connectivity index (χ0v) is 13.3. The van der Waals surface area contributed by atoms with E-state index in [1.54, 1.807) is 29.2 Å². The quantitative estimate of drug-likeness (QED) is 0.906. The first-order valence-corrected chi connectivity index (χ1v) is 7.83. The van der Waals surface area contributed by atoms with Crippen LogP contribution in [0.3, 0.4) is 0 Å². The van der Waals surface area contributed by atoms with Crippen molar-refractivity contribution in [3.8, 4) is 0 Å². The fourth-order valence-electron chi connectivity index (χ4n) is 2.62. The first kappa shape index (κ1) is 15.6. The van der Waals surface area contributed by atoms with Gasteiger partial charge >= 0.3 is 6.03 Å². The van der Waals surface area contributed by atoms with Crippen molar-refractivity contribution in [2.24, 2.45) is 0 Å². The van der Waals surface area contributed by atoms with Gasteiger partial charge in [0.1, 0.15) is 5.82 Å². The summed E-state index contributed by atoms with van der Waals surface area (Å²) in [5.74, 6) is -0.235. The van der Waals surface area contributed by atoms with Crippen molar-refractivity contribution in [3.05, 3.63) is 59.4 Å². The van der Waals surface area contributed by atoms with Crippen LogP contribution in [0.15, 0.2) is 48.5 Å². The number of benzene rings is 2. The van der Waals surface area contributed by atoms with Crippen LogP contribution in [0.1, 0.15) is 0 Å². The molecule has 4 nitrogen and oxygen atoms in total. The van der Waals surface area contributed by atoms with Crippen molar-refractivity contribution < 1.29 is 9.18 Å². The third-order valence-electron chi connectivity index (χ3n) is 3.88. The molecule has 1 fully saturated rings. The normalized spacial score (nSPS) is 14.7. The van der Waals surface area contributed by atoms with Gasteiger partial charge in [0.05, 0.1) is 16.4 Å². The van der Waals surface area contributed by atoms with Crippen LogP contribution in [0.5, 0.6) is 0 Å². The predicted octanol–water partition coefficient (Wildman–Crippen LogP) is 3.83. The molecule has 1 aliphatic rings. The van der Waals surface area contributed by atoms with Crippen molar-refractivity contribution in [2.75, 3.05) is 36.4 Å². The Morgan fingerprint density at radius 2 is 1.65 bits per heavy atom. The molecule has 3 rings (SSSR count). The highest BCUT2D eigenvalue weighted by Gasteiger charge is 2.23. The lowest BCUT2D eigenvalue weighted by molar-refractivity contribution is 0.208. The first-order valence-electron chi connectivity index (χ1n) is 7.45. The molecule has 2 aromatic carbocycles. The van der Waals surface area contributed by atoms with E-state index in [9.17, 15) is 9.18 Å². The van der Waals surface area contributed by atoms with Crippen LogP contribution in [-0.4, -0.2) is 37.1 Å². The van der Waals surface area contributed by atoms with Gasteiger partial charge in [0.25, 0.3) is 0 Å². The van der Waals surface area contributed by atoms with Crippen molar-refractivity contribution in [1.82, 2.24) is 4.90 Å². The van der Waals surface area contributed by atoms with Crippen LogP contribution in [0.2, 0.25) is 5.02 Å². The van der Waals surface area contributed by atoms with Gasteiger partial charge in [-0.05, 0) is 24.3 Å². The Labute approximate surface area is 139 Å². The van der Waals surface area contributed by atoms with E-state index < -0.39 is 0 Å². The summed E-state index contributed by atoms with van der Waals surface area (Å²) in [5.41, 5.74) is 1.18. The molecule has 1 aliphatic heterocycles. The van der Waals surface area contributed by atoms with E-state index in [0.29, 0.717) is 42.6 Å². The molecule has 1 N–H and O–H groups in total. The van der Waals surface area contributed by atoms with Gasteiger partial charge in [0, 0.05) is 26.2 Å². The smallest absolute Gasteiger partial charge is 0.322 e. The molecule has 0 aliphatic carbocycles. The van der Waals surface area contributed by atoms with E-state index in [4.69, 9.17) is 11.6 Å².